The van der Waals surface area contributed by atoms with Gasteiger partial charge in [-0.25, -0.2) is 4.98 Å². The summed E-state index contributed by atoms with van der Waals surface area (Å²) in [5, 5.41) is 13.5. The van der Waals surface area contributed by atoms with E-state index in [-0.39, 0.29) is 17.9 Å². The number of rotatable bonds is 4. The Kier molecular flexibility index (Phi) is 5.22. The van der Waals surface area contributed by atoms with Crippen LogP contribution in [0.3, 0.4) is 0 Å². The standard InChI is InChI=1S/C14H20N2O2S/c1-19-14-11(6-4-8-15-14)13(18)16-9-10-5-2-3-7-12(10)17/h4,6,8,10,12,17H,2-3,5,7,9H2,1H3,(H,16,18). The maximum atomic E-state index is 12.1. The molecule has 0 saturated heterocycles. The van der Waals surface area contributed by atoms with E-state index in [0.29, 0.717) is 12.1 Å². The van der Waals surface area contributed by atoms with E-state index in [1.807, 2.05) is 6.26 Å². The third-order valence-electron chi connectivity index (χ3n) is 3.60. The highest BCUT2D eigenvalue weighted by Crippen LogP contribution is 2.24. The van der Waals surface area contributed by atoms with Crippen molar-refractivity contribution in [3.8, 4) is 0 Å². The Balaban J connectivity index is 1.93. The summed E-state index contributed by atoms with van der Waals surface area (Å²) in [4.78, 5) is 16.3. The summed E-state index contributed by atoms with van der Waals surface area (Å²) in [6.45, 7) is 0.544. The lowest BCUT2D eigenvalue weighted by atomic mass is 9.86. The van der Waals surface area contributed by atoms with E-state index in [2.05, 4.69) is 10.3 Å². The van der Waals surface area contributed by atoms with Crippen molar-refractivity contribution in [2.24, 2.45) is 5.92 Å². The number of thioether (sulfide) groups is 1. The zero-order valence-corrected chi connectivity index (χ0v) is 11.9. The van der Waals surface area contributed by atoms with Crippen LogP contribution >= 0.6 is 11.8 Å². The van der Waals surface area contributed by atoms with Gasteiger partial charge in [-0.2, -0.15) is 0 Å². The molecule has 0 bridgehead atoms. The Morgan fingerprint density at radius 2 is 2.32 bits per heavy atom. The highest BCUT2D eigenvalue weighted by molar-refractivity contribution is 7.98. The highest BCUT2D eigenvalue weighted by atomic mass is 32.2. The fraction of sp³-hybridized carbons (Fsp3) is 0.571. The number of pyridine rings is 1. The van der Waals surface area contributed by atoms with E-state index in [9.17, 15) is 9.90 Å². The van der Waals surface area contributed by atoms with E-state index in [0.717, 1.165) is 30.7 Å². The van der Waals surface area contributed by atoms with Gasteiger partial charge in [0.2, 0.25) is 0 Å². The molecule has 2 rings (SSSR count). The lowest BCUT2D eigenvalue weighted by Gasteiger charge is -2.27. The van der Waals surface area contributed by atoms with Crippen molar-refractivity contribution in [2.75, 3.05) is 12.8 Å². The zero-order valence-electron chi connectivity index (χ0n) is 11.1. The number of hydrogen-bond acceptors (Lipinski definition) is 4. The van der Waals surface area contributed by atoms with Crippen molar-refractivity contribution in [2.45, 2.75) is 36.8 Å². The highest BCUT2D eigenvalue weighted by Gasteiger charge is 2.23. The second-order valence-electron chi connectivity index (χ2n) is 4.88. The van der Waals surface area contributed by atoms with Gasteiger partial charge in [0.15, 0.2) is 0 Å². The molecule has 1 heterocycles. The average Bonchev–Trinajstić information content (AvgIpc) is 2.46. The van der Waals surface area contributed by atoms with Gasteiger partial charge in [0.1, 0.15) is 5.03 Å². The minimum atomic E-state index is -0.275. The summed E-state index contributed by atoms with van der Waals surface area (Å²) in [6.07, 6.45) is 7.39. The zero-order chi connectivity index (χ0) is 13.7. The van der Waals surface area contributed by atoms with Crippen LogP contribution < -0.4 is 5.32 Å². The van der Waals surface area contributed by atoms with Crippen LogP contribution in [-0.2, 0) is 0 Å². The molecule has 1 aliphatic rings. The normalized spacial score (nSPS) is 23.1. The van der Waals surface area contributed by atoms with Gasteiger partial charge < -0.3 is 10.4 Å². The van der Waals surface area contributed by atoms with Crippen LogP contribution in [-0.4, -0.2) is 34.9 Å². The van der Waals surface area contributed by atoms with E-state index < -0.39 is 0 Å². The Labute approximate surface area is 118 Å². The van der Waals surface area contributed by atoms with Gasteiger partial charge in [-0.3, -0.25) is 4.79 Å². The molecule has 104 valence electrons. The maximum absolute atomic E-state index is 12.1. The van der Waals surface area contributed by atoms with Crippen molar-refractivity contribution in [3.63, 3.8) is 0 Å². The SMILES string of the molecule is CSc1ncccc1C(=O)NCC1CCCCC1O. The van der Waals surface area contributed by atoms with E-state index in [1.54, 1.807) is 18.3 Å². The quantitative estimate of drug-likeness (QED) is 0.829. The molecule has 2 atom stereocenters. The summed E-state index contributed by atoms with van der Waals surface area (Å²) < 4.78 is 0. The Morgan fingerprint density at radius 1 is 1.53 bits per heavy atom. The first-order valence-corrected chi connectivity index (χ1v) is 7.90. The second-order valence-corrected chi connectivity index (χ2v) is 5.68. The number of aliphatic hydroxyl groups is 1. The summed E-state index contributed by atoms with van der Waals surface area (Å²) in [5.41, 5.74) is 0.611. The van der Waals surface area contributed by atoms with Crippen molar-refractivity contribution < 1.29 is 9.90 Å². The number of amides is 1. The van der Waals surface area contributed by atoms with Gasteiger partial charge in [0, 0.05) is 18.7 Å². The Bertz CT molecular complexity index is 439. The molecule has 1 aromatic rings. The largest absolute Gasteiger partial charge is 0.393 e. The van der Waals surface area contributed by atoms with Crippen molar-refractivity contribution in [1.82, 2.24) is 10.3 Å². The molecule has 1 fully saturated rings. The van der Waals surface area contributed by atoms with E-state index in [4.69, 9.17) is 0 Å². The van der Waals surface area contributed by atoms with Crippen LogP contribution in [0.15, 0.2) is 23.4 Å². The fourth-order valence-electron chi connectivity index (χ4n) is 2.47. The summed E-state index contributed by atoms with van der Waals surface area (Å²) in [6, 6.07) is 3.55. The number of aliphatic hydroxyl groups excluding tert-OH is 1. The van der Waals surface area contributed by atoms with Crippen LogP contribution in [0.2, 0.25) is 0 Å². The first-order chi connectivity index (χ1) is 9.22. The molecule has 19 heavy (non-hydrogen) atoms. The van der Waals surface area contributed by atoms with Crippen molar-refractivity contribution in [1.29, 1.82) is 0 Å². The summed E-state index contributed by atoms with van der Waals surface area (Å²) in [7, 11) is 0. The predicted molar refractivity (Wildman–Crippen MR) is 76.3 cm³/mol. The molecule has 1 amide bonds. The van der Waals surface area contributed by atoms with Gasteiger partial charge in [-0.05, 0) is 31.2 Å². The number of carbonyl (C=O) groups is 1. The Morgan fingerprint density at radius 3 is 3.05 bits per heavy atom. The second kappa shape index (κ2) is 6.91. The number of carbonyl (C=O) groups excluding carboxylic acids is 1. The maximum Gasteiger partial charge on any atom is 0.254 e. The fourth-order valence-corrected chi connectivity index (χ4v) is 3.02. The van der Waals surface area contributed by atoms with Crippen LogP contribution in [0.1, 0.15) is 36.0 Å². The lowest BCUT2D eigenvalue weighted by Crippen LogP contribution is -2.36. The molecule has 5 heteroatoms. The Hall–Kier alpha value is -1.07. The third kappa shape index (κ3) is 3.70. The van der Waals surface area contributed by atoms with Crippen LogP contribution in [0.4, 0.5) is 0 Å². The molecule has 0 aliphatic heterocycles. The minimum Gasteiger partial charge on any atom is -0.393 e. The number of nitrogens with one attached hydrogen (secondary N) is 1. The summed E-state index contributed by atoms with van der Waals surface area (Å²) >= 11 is 1.46. The van der Waals surface area contributed by atoms with E-state index in [1.165, 1.54) is 11.8 Å². The monoisotopic (exact) mass is 280 g/mol. The van der Waals surface area contributed by atoms with Gasteiger partial charge in [0.25, 0.3) is 5.91 Å². The predicted octanol–water partition coefficient (Wildman–Crippen LogP) is 2.08. The average molecular weight is 280 g/mol. The molecule has 1 saturated carbocycles. The smallest absolute Gasteiger partial charge is 0.254 e. The van der Waals surface area contributed by atoms with Crippen molar-refractivity contribution >= 4 is 17.7 Å². The molecule has 4 nitrogen and oxygen atoms in total. The first-order valence-electron chi connectivity index (χ1n) is 6.67. The van der Waals surface area contributed by atoms with Gasteiger partial charge >= 0.3 is 0 Å². The van der Waals surface area contributed by atoms with Gasteiger partial charge in [-0.15, -0.1) is 11.8 Å². The van der Waals surface area contributed by atoms with Crippen LogP contribution in [0.25, 0.3) is 0 Å². The van der Waals surface area contributed by atoms with Crippen LogP contribution in [0, 0.1) is 5.92 Å². The number of aromatic nitrogens is 1. The lowest BCUT2D eigenvalue weighted by molar-refractivity contribution is 0.0662. The topological polar surface area (TPSA) is 62.2 Å². The number of hydrogen-bond donors (Lipinski definition) is 2. The van der Waals surface area contributed by atoms with E-state index >= 15 is 0 Å². The van der Waals surface area contributed by atoms with Gasteiger partial charge in [0.05, 0.1) is 11.7 Å². The molecule has 2 N–H and O–H groups in total. The van der Waals surface area contributed by atoms with Gasteiger partial charge in [-0.1, -0.05) is 12.8 Å². The molecule has 0 aromatic carbocycles. The molecule has 1 aromatic heterocycles. The number of nitrogens with zero attached hydrogens (tertiary/aromatic N) is 1. The van der Waals surface area contributed by atoms with Crippen LogP contribution in [0.5, 0.6) is 0 Å². The minimum absolute atomic E-state index is 0.102. The molecule has 0 radical (unpaired) electrons. The molecular weight excluding hydrogens is 260 g/mol. The third-order valence-corrected chi connectivity index (χ3v) is 4.31. The van der Waals surface area contributed by atoms with Crippen molar-refractivity contribution in [3.05, 3.63) is 23.9 Å². The summed E-state index contributed by atoms with van der Waals surface area (Å²) in [5.74, 6) is 0.0855. The molecule has 2 unspecified atom stereocenters. The molecular formula is C14H20N2O2S. The molecule has 1 aliphatic carbocycles. The first kappa shape index (κ1) is 14.3. The molecule has 0 spiro atoms.